The van der Waals surface area contributed by atoms with Gasteiger partial charge < -0.3 is 5.73 Å². The van der Waals surface area contributed by atoms with Crippen LogP contribution in [0.1, 0.15) is 0 Å². The Balaban J connectivity index is 2.31. The lowest BCUT2D eigenvalue weighted by Crippen LogP contribution is -1.87. The van der Waals surface area contributed by atoms with Crippen LogP contribution in [-0.2, 0) is 0 Å². The molecule has 3 aromatic rings. The first-order valence-corrected chi connectivity index (χ1v) is 5.64. The fraction of sp³-hybridized carbons (Fsp3) is 0. The SMILES string of the molecule is Nc1nc(-c2cccc3nccnc23)cs1. The Morgan fingerprint density at radius 1 is 1.12 bits per heavy atom. The Morgan fingerprint density at radius 2 is 2.00 bits per heavy atom. The zero-order chi connectivity index (χ0) is 11.0. The monoisotopic (exact) mass is 228 g/mol. The van der Waals surface area contributed by atoms with Crippen LogP contribution in [0.3, 0.4) is 0 Å². The van der Waals surface area contributed by atoms with Crippen LogP contribution in [0.5, 0.6) is 0 Å². The van der Waals surface area contributed by atoms with Crippen LogP contribution in [0.25, 0.3) is 22.3 Å². The van der Waals surface area contributed by atoms with Gasteiger partial charge in [-0.3, -0.25) is 9.97 Å². The number of para-hydroxylation sites is 1. The molecule has 0 radical (unpaired) electrons. The molecule has 0 aliphatic rings. The number of aromatic nitrogens is 3. The maximum absolute atomic E-state index is 5.63. The Bertz CT molecular complexity index is 642. The van der Waals surface area contributed by atoms with Gasteiger partial charge in [-0.05, 0) is 6.07 Å². The summed E-state index contributed by atoms with van der Waals surface area (Å²) in [6.45, 7) is 0. The number of benzene rings is 1. The van der Waals surface area contributed by atoms with Crippen LogP contribution in [0.15, 0.2) is 36.0 Å². The van der Waals surface area contributed by atoms with Gasteiger partial charge in [-0.15, -0.1) is 11.3 Å². The van der Waals surface area contributed by atoms with Crippen LogP contribution >= 0.6 is 11.3 Å². The number of rotatable bonds is 1. The van der Waals surface area contributed by atoms with Crippen LogP contribution < -0.4 is 5.73 Å². The highest BCUT2D eigenvalue weighted by Gasteiger charge is 2.07. The molecule has 0 saturated carbocycles. The predicted molar refractivity (Wildman–Crippen MR) is 65.1 cm³/mol. The highest BCUT2D eigenvalue weighted by Crippen LogP contribution is 2.27. The van der Waals surface area contributed by atoms with Crippen molar-refractivity contribution in [3.63, 3.8) is 0 Å². The number of nitrogens with two attached hydrogens (primary N) is 1. The van der Waals surface area contributed by atoms with Gasteiger partial charge in [-0.2, -0.15) is 0 Å². The van der Waals surface area contributed by atoms with Crippen molar-refractivity contribution in [1.82, 2.24) is 15.0 Å². The van der Waals surface area contributed by atoms with Crippen LogP contribution in [0.2, 0.25) is 0 Å². The van der Waals surface area contributed by atoms with Crippen molar-refractivity contribution in [2.45, 2.75) is 0 Å². The molecule has 0 unspecified atom stereocenters. The summed E-state index contributed by atoms with van der Waals surface area (Å²) in [5.41, 5.74) is 9.18. The minimum Gasteiger partial charge on any atom is -0.375 e. The van der Waals surface area contributed by atoms with Crippen molar-refractivity contribution in [2.75, 3.05) is 5.73 Å². The van der Waals surface area contributed by atoms with Gasteiger partial charge in [-0.1, -0.05) is 12.1 Å². The Morgan fingerprint density at radius 3 is 2.81 bits per heavy atom. The number of fused-ring (bicyclic) bond motifs is 1. The van der Waals surface area contributed by atoms with E-state index in [-0.39, 0.29) is 0 Å². The molecule has 2 heterocycles. The van der Waals surface area contributed by atoms with E-state index in [0.717, 1.165) is 22.3 Å². The van der Waals surface area contributed by atoms with E-state index in [4.69, 9.17) is 5.73 Å². The number of hydrogen-bond acceptors (Lipinski definition) is 5. The molecule has 2 aromatic heterocycles. The largest absolute Gasteiger partial charge is 0.375 e. The number of anilines is 1. The second-order valence-electron chi connectivity index (χ2n) is 3.30. The summed E-state index contributed by atoms with van der Waals surface area (Å²) in [5.74, 6) is 0. The molecule has 1 aromatic carbocycles. The third kappa shape index (κ3) is 1.42. The summed E-state index contributed by atoms with van der Waals surface area (Å²) in [6, 6.07) is 5.86. The summed E-state index contributed by atoms with van der Waals surface area (Å²) in [5, 5.41) is 2.49. The van der Waals surface area contributed by atoms with Crippen molar-refractivity contribution in [2.24, 2.45) is 0 Å². The van der Waals surface area contributed by atoms with Gasteiger partial charge in [0.05, 0.1) is 16.7 Å². The molecule has 0 atom stereocenters. The molecule has 4 nitrogen and oxygen atoms in total. The van der Waals surface area contributed by atoms with Crippen LogP contribution in [-0.4, -0.2) is 15.0 Å². The first-order chi connectivity index (χ1) is 7.84. The number of hydrogen-bond donors (Lipinski definition) is 1. The van der Waals surface area contributed by atoms with Crippen molar-refractivity contribution < 1.29 is 0 Å². The Labute approximate surface area is 95.8 Å². The van der Waals surface area contributed by atoms with Gasteiger partial charge in [0.1, 0.15) is 0 Å². The van der Waals surface area contributed by atoms with Crippen LogP contribution in [0, 0.1) is 0 Å². The van der Waals surface area contributed by atoms with E-state index in [2.05, 4.69) is 15.0 Å². The lowest BCUT2D eigenvalue weighted by molar-refractivity contribution is 1.29. The summed E-state index contributed by atoms with van der Waals surface area (Å²) < 4.78 is 0. The quantitative estimate of drug-likeness (QED) is 0.694. The normalized spacial score (nSPS) is 10.8. The minimum absolute atomic E-state index is 0.566. The second kappa shape index (κ2) is 3.53. The third-order valence-electron chi connectivity index (χ3n) is 2.30. The minimum atomic E-state index is 0.566. The highest BCUT2D eigenvalue weighted by molar-refractivity contribution is 7.13. The summed E-state index contributed by atoms with van der Waals surface area (Å²) in [6.07, 6.45) is 3.36. The smallest absolute Gasteiger partial charge is 0.180 e. The Kier molecular flexibility index (Phi) is 2.04. The molecule has 0 aliphatic heterocycles. The summed E-state index contributed by atoms with van der Waals surface area (Å²) in [4.78, 5) is 12.8. The maximum atomic E-state index is 5.63. The van der Waals surface area contributed by atoms with Gasteiger partial charge in [0.25, 0.3) is 0 Å². The van der Waals surface area contributed by atoms with Crippen molar-refractivity contribution >= 4 is 27.5 Å². The summed E-state index contributed by atoms with van der Waals surface area (Å²) >= 11 is 1.43. The molecule has 0 spiro atoms. The Hall–Kier alpha value is -2.01. The topological polar surface area (TPSA) is 64.7 Å². The first-order valence-electron chi connectivity index (χ1n) is 4.76. The average Bonchev–Trinajstić information content (AvgIpc) is 2.75. The molecule has 78 valence electrons. The lowest BCUT2D eigenvalue weighted by atomic mass is 10.1. The van der Waals surface area contributed by atoms with Crippen LogP contribution in [0.4, 0.5) is 5.13 Å². The molecular formula is C11H8N4S. The van der Waals surface area contributed by atoms with Gasteiger partial charge in [-0.25, -0.2) is 4.98 Å². The first kappa shape index (κ1) is 9.23. The fourth-order valence-electron chi connectivity index (χ4n) is 1.61. The van der Waals surface area contributed by atoms with E-state index < -0.39 is 0 Å². The number of thiazole rings is 1. The molecule has 3 rings (SSSR count). The van der Waals surface area contributed by atoms with Crippen molar-refractivity contribution in [3.8, 4) is 11.3 Å². The molecule has 0 amide bonds. The average molecular weight is 228 g/mol. The van der Waals surface area contributed by atoms with E-state index in [0.29, 0.717) is 5.13 Å². The van der Waals surface area contributed by atoms with Gasteiger partial charge in [0.15, 0.2) is 5.13 Å². The second-order valence-corrected chi connectivity index (χ2v) is 4.19. The maximum Gasteiger partial charge on any atom is 0.180 e. The van der Waals surface area contributed by atoms with Crippen molar-refractivity contribution in [1.29, 1.82) is 0 Å². The molecular weight excluding hydrogens is 220 g/mol. The molecule has 2 N–H and O–H groups in total. The van der Waals surface area contributed by atoms with E-state index in [1.807, 2.05) is 23.6 Å². The lowest BCUT2D eigenvalue weighted by Gasteiger charge is -2.01. The third-order valence-corrected chi connectivity index (χ3v) is 2.97. The van der Waals surface area contributed by atoms with E-state index in [9.17, 15) is 0 Å². The molecule has 0 saturated heterocycles. The molecule has 0 aliphatic carbocycles. The van der Waals surface area contributed by atoms with E-state index in [1.54, 1.807) is 12.4 Å². The van der Waals surface area contributed by atoms with E-state index in [1.165, 1.54) is 11.3 Å². The standard InChI is InChI=1S/C11H8N4S/c12-11-15-9(6-16-11)7-2-1-3-8-10(7)14-5-4-13-8/h1-6H,(H2,12,15). The number of nitrogens with zero attached hydrogens (tertiary/aromatic N) is 3. The van der Waals surface area contributed by atoms with Crippen molar-refractivity contribution in [3.05, 3.63) is 36.0 Å². The van der Waals surface area contributed by atoms with Gasteiger partial charge in [0.2, 0.25) is 0 Å². The zero-order valence-electron chi connectivity index (χ0n) is 8.29. The number of nitrogen functional groups attached to an aromatic ring is 1. The molecule has 16 heavy (non-hydrogen) atoms. The molecule has 5 heteroatoms. The van der Waals surface area contributed by atoms with Gasteiger partial charge >= 0.3 is 0 Å². The fourth-order valence-corrected chi connectivity index (χ4v) is 2.17. The van der Waals surface area contributed by atoms with Gasteiger partial charge in [0, 0.05) is 23.3 Å². The highest BCUT2D eigenvalue weighted by atomic mass is 32.1. The van der Waals surface area contributed by atoms with E-state index >= 15 is 0 Å². The molecule has 0 fully saturated rings. The molecule has 0 bridgehead atoms. The summed E-state index contributed by atoms with van der Waals surface area (Å²) in [7, 11) is 0. The zero-order valence-corrected chi connectivity index (χ0v) is 9.11. The predicted octanol–water partition coefficient (Wildman–Crippen LogP) is 2.34.